The van der Waals surface area contributed by atoms with E-state index in [1.807, 2.05) is 48.7 Å². The van der Waals surface area contributed by atoms with Gasteiger partial charge >= 0.3 is 5.76 Å². The van der Waals surface area contributed by atoms with Crippen LogP contribution < -0.4 is 5.76 Å². The van der Waals surface area contributed by atoms with Gasteiger partial charge in [0.2, 0.25) is 5.91 Å². The fourth-order valence-electron chi connectivity index (χ4n) is 2.78. The fraction of sp³-hybridized carbons (Fsp3) is 0.263. The van der Waals surface area contributed by atoms with Gasteiger partial charge in [0.25, 0.3) is 5.89 Å². The Morgan fingerprint density at radius 1 is 1.29 bits per heavy atom. The van der Waals surface area contributed by atoms with Crippen molar-refractivity contribution >= 4 is 38.8 Å². The van der Waals surface area contributed by atoms with E-state index in [2.05, 4.69) is 10.1 Å². The maximum absolute atomic E-state index is 12.6. The van der Waals surface area contributed by atoms with Crippen molar-refractivity contribution in [3.63, 3.8) is 0 Å². The number of hydrogen-bond acceptors (Lipinski definition) is 7. The quantitative estimate of drug-likeness (QED) is 0.480. The highest BCUT2D eigenvalue weighted by atomic mass is 32.1. The molecule has 7 nitrogen and oxygen atoms in total. The van der Waals surface area contributed by atoms with Gasteiger partial charge in [-0.15, -0.1) is 27.8 Å². The van der Waals surface area contributed by atoms with Crippen LogP contribution in [0.3, 0.4) is 0 Å². The minimum absolute atomic E-state index is 0.0840. The van der Waals surface area contributed by atoms with E-state index in [9.17, 15) is 9.59 Å². The molecule has 3 aromatic heterocycles. The Kier molecular flexibility index (Phi) is 5.10. The summed E-state index contributed by atoms with van der Waals surface area (Å²) in [4.78, 5) is 31.7. The minimum atomic E-state index is -0.557. The normalized spacial score (nSPS) is 12.4. The number of para-hydroxylation sites is 1. The second kappa shape index (κ2) is 7.69. The smallest absolute Gasteiger partial charge is 0.387 e. The summed E-state index contributed by atoms with van der Waals surface area (Å²) >= 11 is 3.02. The second-order valence-electron chi connectivity index (χ2n) is 6.32. The van der Waals surface area contributed by atoms with Crippen molar-refractivity contribution in [2.24, 2.45) is 0 Å². The summed E-state index contributed by atoms with van der Waals surface area (Å²) in [5, 5.41) is 6.95. The lowest BCUT2D eigenvalue weighted by molar-refractivity contribution is -0.132. The molecule has 0 fully saturated rings. The van der Waals surface area contributed by atoms with Crippen LogP contribution in [-0.4, -0.2) is 32.6 Å². The number of benzene rings is 1. The van der Waals surface area contributed by atoms with Gasteiger partial charge in [0.1, 0.15) is 5.01 Å². The highest BCUT2D eigenvalue weighted by Crippen LogP contribution is 2.29. The van der Waals surface area contributed by atoms with E-state index in [4.69, 9.17) is 4.42 Å². The largest absolute Gasteiger partial charge is 0.437 e. The number of amides is 1. The van der Waals surface area contributed by atoms with E-state index in [0.717, 1.165) is 20.1 Å². The highest BCUT2D eigenvalue weighted by molar-refractivity contribution is 7.18. The van der Waals surface area contributed by atoms with Gasteiger partial charge < -0.3 is 9.32 Å². The molecule has 0 spiro atoms. The van der Waals surface area contributed by atoms with Crippen LogP contribution in [0.2, 0.25) is 0 Å². The number of thiazole rings is 1. The molecule has 28 heavy (non-hydrogen) atoms. The van der Waals surface area contributed by atoms with Gasteiger partial charge in [-0.3, -0.25) is 4.79 Å². The lowest BCUT2D eigenvalue weighted by atomic mass is 10.2. The third-order valence-electron chi connectivity index (χ3n) is 4.52. The van der Waals surface area contributed by atoms with Crippen LogP contribution in [0.5, 0.6) is 0 Å². The fourth-order valence-corrected chi connectivity index (χ4v) is 4.48. The summed E-state index contributed by atoms with van der Waals surface area (Å²) in [7, 11) is 1.75. The van der Waals surface area contributed by atoms with Gasteiger partial charge in [-0.25, -0.2) is 9.78 Å². The summed E-state index contributed by atoms with van der Waals surface area (Å²) in [6.45, 7) is 2.12. The third kappa shape index (κ3) is 3.63. The maximum Gasteiger partial charge on any atom is 0.437 e. The second-order valence-corrected chi connectivity index (χ2v) is 8.33. The molecule has 4 aromatic rings. The number of aromatic nitrogens is 3. The van der Waals surface area contributed by atoms with E-state index >= 15 is 0 Å². The molecule has 0 saturated carbocycles. The van der Waals surface area contributed by atoms with Crippen molar-refractivity contribution in [1.82, 2.24) is 19.7 Å². The summed E-state index contributed by atoms with van der Waals surface area (Å²) in [5.74, 6) is -0.360. The zero-order valence-electron chi connectivity index (χ0n) is 15.4. The van der Waals surface area contributed by atoms with Gasteiger partial charge in [0, 0.05) is 13.5 Å². The summed E-state index contributed by atoms with van der Waals surface area (Å²) in [6.07, 6.45) is 0.155. The van der Waals surface area contributed by atoms with Crippen LogP contribution in [0.1, 0.15) is 24.4 Å². The summed E-state index contributed by atoms with van der Waals surface area (Å²) in [5.41, 5.74) is 0.936. The van der Waals surface area contributed by atoms with Gasteiger partial charge in [-0.2, -0.15) is 4.68 Å². The molecule has 1 unspecified atom stereocenters. The van der Waals surface area contributed by atoms with Gasteiger partial charge in [0.15, 0.2) is 0 Å². The van der Waals surface area contributed by atoms with Gasteiger partial charge in [-0.1, -0.05) is 18.2 Å². The number of aryl methyl sites for hydroxylation is 1. The van der Waals surface area contributed by atoms with Crippen molar-refractivity contribution in [2.75, 3.05) is 7.05 Å². The Bertz CT molecular complexity index is 1130. The number of rotatable bonds is 6. The number of nitrogens with zero attached hydrogens (tertiary/aromatic N) is 4. The minimum Gasteiger partial charge on any atom is -0.387 e. The van der Waals surface area contributed by atoms with Crippen molar-refractivity contribution in [3.05, 3.63) is 57.3 Å². The molecule has 0 aliphatic heterocycles. The van der Waals surface area contributed by atoms with Gasteiger partial charge in [0.05, 0.1) is 27.7 Å². The molecule has 0 radical (unpaired) electrons. The maximum atomic E-state index is 12.6. The standard InChI is InChI=1S/C19H18N4O3S2/c1-12(18-20-13-6-3-4-7-14(13)28-18)22(2)16(24)9-10-23-19(25)26-17(21-23)15-8-5-11-27-15/h3-8,11-12H,9-10H2,1-2H3. The summed E-state index contributed by atoms with van der Waals surface area (Å²) in [6, 6.07) is 11.5. The molecule has 0 bridgehead atoms. The van der Waals surface area contributed by atoms with Crippen molar-refractivity contribution in [1.29, 1.82) is 0 Å². The molecule has 3 heterocycles. The molecular weight excluding hydrogens is 396 g/mol. The highest BCUT2D eigenvalue weighted by Gasteiger charge is 2.21. The first-order valence-electron chi connectivity index (χ1n) is 8.76. The molecule has 0 saturated heterocycles. The van der Waals surface area contributed by atoms with E-state index in [1.165, 1.54) is 16.0 Å². The molecule has 1 atom stereocenters. The Labute approximate surface area is 168 Å². The van der Waals surface area contributed by atoms with Gasteiger partial charge in [-0.05, 0) is 30.5 Å². The van der Waals surface area contributed by atoms with Crippen LogP contribution in [0, 0.1) is 0 Å². The van der Waals surface area contributed by atoms with Crippen LogP contribution >= 0.6 is 22.7 Å². The predicted octanol–water partition coefficient (Wildman–Crippen LogP) is 3.78. The molecular formula is C19H18N4O3S2. The van der Waals surface area contributed by atoms with E-state index in [-0.39, 0.29) is 30.8 Å². The number of fused-ring (bicyclic) bond motifs is 1. The number of carbonyl (C=O) groups excluding carboxylic acids is 1. The molecule has 0 aliphatic rings. The molecule has 0 N–H and O–H groups in total. The Balaban J connectivity index is 1.42. The van der Waals surface area contributed by atoms with Crippen molar-refractivity contribution in [3.8, 4) is 10.8 Å². The van der Waals surface area contributed by atoms with Crippen LogP contribution in [0.4, 0.5) is 0 Å². The van der Waals surface area contributed by atoms with Crippen LogP contribution in [-0.2, 0) is 11.3 Å². The zero-order valence-corrected chi connectivity index (χ0v) is 17.0. The average molecular weight is 415 g/mol. The Morgan fingerprint density at radius 2 is 2.11 bits per heavy atom. The zero-order chi connectivity index (χ0) is 19.7. The average Bonchev–Trinajstić information content (AvgIpc) is 3.43. The lowest BCUT2D eigenvalue weighted by Crippen LogP contribution is -2.31. The van der Waals surface area contributed by atoms with Crippen molar-refractivity contribution < 1.29 is 9.21 Å². The molecule has 4 rings (SSSR count). The Hall–Kier alpha value is -2.78. The first-order valence-corrected chi connectivity index (χ1v) is 10.5. The van der Waals surface area contributed by atoms with Crippen molar-refractivity contribution in [2.45, 2.75) is 25.9 Å². The number of hydrogen-bond donors (Lipinski definition) is 0. The summed E-state index contributed by atoms with van der Waals surface area (Å²) < 4.78 is 7.47. The number of thiophene rings is 1. The molecule has 1 aromatic carbocycles. The molecule has 0 aliphatic carbocycles. The predicted molar refractivity (Wildman–Crippen MR) is 109 cm³/mol. The Morgan fingerprint density at radius 3 is 2.86 bits per heavy atom. The van der Waals surface area contributed by atoms with E-state index in [1.54, 1.807) is 23.3 Å². The lowest BCUT2D eigenvalue weighted by Gasteiger charge is -2.23. The number of carbonyl (C=O) groups is 1. The first-order chi connectivity index (χ1) is 13.5. The molecule has 1 amide bonds. The topological polar surface area (TPSA) is 81.2 Å². The van der Waals surface area contributed by atoms with Crippen LogP contribution in [0.25, 0.3) is 21.0 Å². The SMILES string of the molecule is CC(c1nc2ccccc2s1)N(C)C(=O)CCn1nc(-c2cccs2)oc1=O. The van der Waals surface area contributed by atoms with E-state index in [0.29, 0.717) is 0 Å². The molecule has 144 valence electrons. The monoisotopic (exact) mass is 414 g/mol. The molecule has 9 heteroatoms. The third-order valence-corrected chi connectivity index (χ3v) is 6.58. The van der Waals surface area contributed by atoms with E-state index < -0.39 is 5.76 Å². The van der Waals surface area contributed by atoms with Crippen LogP contribution in [0.15, 0.2) is 51.0 Å². The first kappa shape index (κ1) is 18.6.